The van der Waals surface area contributed by atoms with Crippen LogP contribution < -0.4 is 10.6 Å². The standard InChI is InChI=1S/C32H34N4O6/c1-21(2)19-41-31(39)25(18-33)16-23-6-10-26(11-7-23)35-29(37)14-15-30(38)36-27-12-8-24(9-13-27)17-28(34-5)32(40)42-20-22(3)4/h6-13,16-17,21-22H,14-15,19-20H2,1-4H3,(H,35,37)(H,36,38)/b25-16+,28-17-. The van der Waals surface area contributed by atoms with Gasteiger partial charge in [-0.1, -0.05) is 52.0 Å². The predicted molar refractivity (Wildman–Crippen MR) is 159 cm³/mol. The first-order chi connectivity index (χ1) is 20.0. The first-order valence-electron chi connectivity index (χ1n) is 13.4. The van der Waals surface area contributed by atoms with Crippen LogP contribution in [0, 0.1) is 29.7 Å². The van der Waals surface area contributed by atoms with Gasteiger partial charge in [0, 0.05) is 24.2 Å². The van der Waals surface area contributed by atoms with Crippen LogP contribution in [0.1, 0.15) is 51.7 Å². The quantitative estimate of drug-likeness (QED) is 0.138. The Hall–Kier alpha value is -5.22. The van der Waals surface area contributed by atoms with Gasteiger partial charge in [-0.25, -0.2) is 9.64 Å². The summed E-state index contributed by atoms with van der Waals surface area (Å²) in [5, 5.41) is 14.7. The van der Waals surface area contributed by atoms with Crippen molar-refractivity contribution in [2.75, 3.05) is 23.8 Å². The molecule has 0 saturated carbocycles. The van der Waals surface area contributed by atoms with Gasteiger partial charge in [0.05, 0.1) is 19.8 Å². The molecule has 0 aliphatic rings. The molecule has 218 valence electrons. The Morgan fingerprint density at radius 3 is 1.62 bits per heavy atom. The summed E-state index contributed by atoms with van der Waals surface area (Å²) in [7, 11) is 0. The predicted octanol–water partition coefficient (Wildman–Crippen LogP) is 5.61. The molecule has 0 unspecified atom stereocenters. The summed E-state index contributed by atoms with van der Waals surface area (Å²) in [5.41, 5.74) is 1.91. The van der Waals surface area contributed by atoms with Gasteiger partial charge in [0.2, 0.25) is 11.8 Å². The van der Waals surface area contributed by atoms with Crippen LogP contribution in [0.25, 0.3) is 17.0 Å². The Balaban J connectivity index is 1.85. The van der Waals surface area contributed by atoms with Gasteiger partial charge >= 0.3 is 11.9 Å². The van der Waals surface area contributed by atoms with E-state index in [1.54, 1.807) is 48.5 Å². The van der Waals surface area contributed by atoms with Crippen molar-refractivity contribution in [3.8, 4) is 6.07 Å². The van der Waals surface area contributed by atoms with Gasteiger partial charge in [-0.3, -0.25) is 14.4 Å². The molecule has 2 aromatic carbocycles. The maximum absolute atomic E-state index is 12.3. The van der Waals surface area contributed by atoms with E-state index in [4.69, 9.17) is 16.0 Å². The van der Waals surface area contributed by atoms with Crippen molar-refractivity contribution in [1.29, 1.82) is 5.26 Å². The molecule has 0 heterocycles. The number of esters is 2. The smallest absolute Gasteiger partial charge is 0.348 e. The van der Waals surface area contributed by atoms with E-state index in [9.17, 15) is 24.4 Å². The molecule has 2 N–H and O–H groups in total. The fourth-order valence-electron chi connectivity index (χ4n) is 3.23. The molecule has 2 aromatic rings. The summed E-state index contributed by atoms with van der Waals surface area (Å²) in [5.74, 6) is -1.79. The molecule has 0 aliphatic heterocycles. The van der Waals surface area contributed by atoms with Crippen LogP contribution in [-0.4, -0.2) is 37.0 Å². The van der Waals surface area contributed by atoms with Crippen LogP contribution >= 0.6 is 0 Å². The lowest BCUT2D eigenvalue weighted by Crippen LogP contribution is -2.17. The summed E-state index contributed by atoms with van der Waals surface area (Å²) in [6, 6.07) is 14.9. The van der Waals surface area contributed by atoms with Crippen molar-refractivity contribution in [3.63, 3.8) is 0 Å². The van der Waals surface area contributed by atoms with Crippen molar-refractivity contribution in [1.82, 2.24) is 0 Å². The van der Waals surface area contributed by atoms with Crippen molar-refractivity contribution in [3.05, 3.63) is 82.3 Å². The Labute approximate surface area is 245 Å². The third-order valence-electron chi connectivity index (χ3n) is 5.35. The highest BCUT2D eigenvalue weighted by Gasteiger charge is 2.14. The zero-order valence-electron chi connectivity index (χ0n) is 24.1. The van der Waals surface area contributed by atoms with Gasteiger partial charge in [-0.05, 0) is 59.4 Å². The minimum Gasteiger partial charge on any atom is -0.470 e. The first kappa shape index (κ1) is 33.0. The number of rotatable bonds is 13. The Morgan fingerprint density at radius 1 is 0.786 bits per heavy atom. The normalized spacial score (nSPS) is 11.3. The molecule has 0 aliphatic carbocycles. The van der Waals surface area contributed by atoms with E-state index in [0.29, 0.717) is 22.5 Å². The van der Waals surface area contributed by atoms with Gasteiger partial charge in [0.25, 0.3) is 5.70 Å². The lowest BCUT2D eigenvalue weighted by Gasteiger charge is -2.08. The summed E-state index contributed by atoms with van der Waals surface area (Å²) in [6.45, 7) is 15.3. The number of nitrogens with one attached hydrogen (secondary N) is 2. The number of benzene rings is 2. The first-order valence-corrected chi connectivity index (χ1v) is 13.4. The second kappa shape index (κ2) is 16.8. The number of carbonyl (C=O) groups excluding carboxylic acids is 4. The molecule has 10 heteroatoms. The van der Waals surface area contributed by atoms with Gasteiger partial charge in [0.1, 0.15) is 11.6 Å². The Kier molecular flexibility index (Phi) is 13.2. The average molecular weight is 571 g/mol. The maximum Gasteiger partial charge on any atom is 0.348 e. The summed E-state index contributed by atoms with van der Waals surface area (Å²) < 4.78 is 10.2. The molecule has 10 nitrogen and oxygen atoms in total. The van der Waals surface area contributed by atoms with E-state index in [-0.39, 0.29) is 61.0 Å². The van der Waals surface area contributed by atoms with Crippen LogP contribution in [0.4, 0.5) is 11.4 Å². The molecule has 2 amide bonds. The SMILES string of the molecule is [C-]#[N+]/C(=C\c1ccc(NC(=O)CCC(=O)Nc2ccc(/C=C(\C#N)C(=O)OCC(C)C)cc2)cc1)C(=O)OCC(C)C. The van der Waals surface area contributed by atoms with Gasteiger partial charge in [0.15, 0.2) is 0 Å². The number of hydrogen-bond acceptors (Lipinski definition) is 7. The zero-order chi connectivity index (χ0) is 31.1. The average Bonchev–Trinajstić information content (AvgIpc) is 2.96. The van der Waals surface area contributed by atoms with Crippen LogP contribution in [0.5, 0.6) is 0 Å². The summed E-state index contributed by atoms with van der Waals surface area (Å²) >= 11 is 0. The molecule has 0 atom stereocenters. The van der Waals surface area contributed by atoms with Gasteiger partial charge in [-0.2, -0.15) is 5.26 Å². The maximum atomic E-state index is 12.3. The number of anilines is 2. The number of nitrogens with zero attached hydrogens (tertiary/aromatic N) is 2. The molecule has 0 spiro atoms. The topological polar surface area (TPSA) is 139 Å². The molecule has 0 bridgehead atoms. The number of carbonyl (C=O) groups is 4. The second-order valence-corrected chi connectivity index (χ2v) is 10.1. The number of nitriles is 1. The van der Waals surface area contributed by atoms with Crippen molar-refractivity contribution in [2.45, 2.75) is 40.5 Å². The molecule has 0 aromatic heterocycles. The largest absolute Gasteiger partial charge is 0.470 e. The number of hydrogen-bond donors (Lipinski definition) is 2. The van der Waals surface area contributed by atoms with Crippen molar-refractivity contribution in [2.24, 2.45) is 11.8 Å². The highest BCUT2D eigenvalue weighted by atomic mass is 16.5. The molecule has 42 heavy (non-hydrogen) atoms. The molecular weight excluding hydrogens is 536 g/mol. The minimum atomic E-state index is -0.692. The van der Waals surface area contributed by atoms with E-state index in [0.717, 1.165) is 0 Å². The van der Waals surface area contributed by atoms with Crippen LogP contribution in [-0.2, 0) is 28.7 Å². The highest BCUT2D eigenvalue weighted by molar-refractivity contribution is 5.99. The third kappa shape index (κ3) is 11.9. The third-order valence-corrected chi connectivity index (χ3v) is 5.35. The van der Waals surface area contributed by atoms with Crippen LogP contribution in [0.3, 0.4) is 0 Å². The lowest BCUT2D eigenvalue weighted by molar-refractivity contribution is -0.140. The van der Waals surface area contributed by atoms with E-state index in [1.165, 1.54) is 12.2 Å². The van der Waals surface area contributed by atoms with Crippen molar-refractivity contribution >= 4 is 47.3 Å². The van der Waals surface area contributed by atoms with E-state index in [1.807, 2.05) is 33.8 Å². The van der Waals surface area contributed by atoms with Crippen molar-refractivity contribution < 1.29 is 28.7 Å². The second-order valence-electron chi connectivity index (χ2n) is 10.1. The van der Waals surface area contributed by atoms with E-state index < -0.39 is 11.9 Å². The van der Waals surface area contributed by atoms with E-state index in [2.05, 4.69) is 15.5 Å². The Bertz CT molecular complexity index is 1300. The molecular formula is C32H34N4O6. The van der Waals surface area contributed by atoms with Gasteiger partial charge < -0.3 is 20.1 Å². The number of ether oxygens (including phenoxy) is 2. The molecule has 0 radical (unpaired) electrons. The van der Waals surface area contributed by atoms with Crippen LogP contribution in [0.2, 0.25) is 0 Å². The number of amides is 2. The summed E-state index contributed by atoms with van der Waals surface area (Å²) in [4.78, 5) is 52.0. The molecule has 2 rings (SSSR count). The Morgan fingerprint density at radius 2 is 1.21 bits per heavy atom. The minimum absolute atomic E-state index is 0.0537. The monoisotopic (exact) mass is 570 g/mol. The van der Waals surface area contributed by atoms with Gasteiger partial charge in [-0.15, -0.1) is 0 Å². The highest BCUT2D eigenvalue weighted by Crippen LogP contribution is 2.16. The fraction of sp³-hybridized carbons (Fsp3) is 0.312. The lowest BCUT2D eigenvalue weighted by atomic mass is 10.1. The van der Waals surface area contributed by atoms with Crippen LogP contribution in [0.15, 0.2) is 59.8 Å². The molecule has 0 fully saturated rings. The summed E-state index contributed by atoms with van der Waals surface area (Å²) in [6.07, 6.45) is 2.72. The zero-order valence-corrected chi connectivity index (χ0v) is 24.1. The fourth-order valence-corrected chi connectivity index (χ4v) is 3.23. The van der Waals surface area contributed by atoms with E-state index >= 15 is 0 Å². The molecule has 0 saturated heterocycles.